The van der Waals surface area contributed by atoms with Crippen LogP contribution in [0.25, 0.3) is 0 Å². The predicted octanol–water partition coefficient (Wildman–Crippen LogP) is 5.29. The minimum absolute atomic E-state index is 0. The van der Waals surface area contributed by atoms with Gasteiger partial charge in [0, 0.05) is 0 Å². The van der Waals surface area contributed by atoms with E-state index in [9.17, 15) is 30.7 Å². The van der Waals surface area contributed by atoms with Crippen LogP contribution in [-0.2, 0) is 0 Å². The highest BCUT2D eigenvalue weighted by atomic mass is 35.5. The summed E-state index contributed by atoms with van der Waals surface area (Å²) in [6.45, 7) is 0. The van der Waals surface area contributed by atoms with E-state index in [2.05, 4.69) is 9.47 Å². The molecule has 2 N–H and O–H groups in total. The summed E-state index contributed by atoms with van der Waals surface area (Å²) >= 11 is 0. The molecule has 0 saturated carbocycles. The van der Waals surface area contributed by atoms with Crippen molar-refractivity contribution in [3.8, 4) is 11.5 Å². The lowest BCUT2D eigenvalue weighted by Gasteiger charge is -2.18. The van der Waals surface area contributed by atoms with E-state index in [0.717, 1.165) is 24.3 Å². The van der Waals surface area contributed by atoms with Crippen LogP contribution in [0.5, 0.6) is 11.5 Å². The molecule has 0 bridgehead atoms. The van der Waals surface area contributed by atoms with Crippen LogP contribution < -0.4 is 15.2 Å². The Balaban J connectivity index is 0.00000364. The summed E-state index contributed by atoms with van der Waals surface area (Å²) in [4.78, 5) is 0. The van der Waals surface area contributed by atoms with E-state index >= 15 is 0 Å². The Morgan fingerprint density at radius 3 is 1.41 bits per heavy atom. The molecule has 0 aromatic heterocycles. The summed E-state index contributed by atoms with van der Waals surface area (Å²) in [5.41, 5.74) is 6.77. The highest BCUT2D eigenvalue weighted by Crippen LogP contribution is 2.30. The summed E-state index contributed by atoms with van der Waals surface area (Å²) < 4.78 is 93.8. The third kappa shape index (κ3) is 6.47. The number of nitrogens with two attached hydrogens (primary N) is 1. The monoisotopic (exact) mass is 419 g/mol. The van der Waals surface area contributed by atoms with Gasteiger partial charge in [-0.25, -0.2) is 0 Å². The highest BCUT2D eigenvalue weighted by molar-refractivity contribution is 5.85. The topological polar surface area (TPSA) is 44.5 Å². The molecule has 0 aliphatic heterocycles. The van der Waals surface area contributed by atoms with Gasteiger partial charge in [-0.15, -0.1) is 25.6 Å². The summed E-state index contributed by atoms with van der Waals surface area (Å²) in [5.74, 6) is -0.911. The lowest BCUT2D eigenvalue weighted by molar-refractivity contribution is -0.274. The van der Waals surface area contributed by atoms with Gasteiger partial charge in [-0.2, -0.15) is 17.6 Å². The Bertz CT molecular complexity index is 721. The molecule has 0 heterocycles. The minimum Gasteiger partial charge on any atom is -0.428 e. The Hall–Kier alpha value is -2.20. The number of hydrogen-bond donors (Lipinski definition) is 1. The maximum Gasteiger partial charge on any atom is 0.573 e. The summed E-state index contributed by atoms with van der Waals surface area (Å²) in [7, 11) is 0. The van der Waals surface area contributed by atoms with Crippen LogP contribution in [-0.4, -0.2) is 18.9 Å². The van der Waals surface area contributed by atoms with Crippen molar-refractivity contribution in [1.29, 1.82) is 0 Å². The zero-order chi connectivity index (χ0) is 19.5. The molecule has 0 aliphatic rings. The highest BCUT2D eigenvalue weighted by Gasteiger charge is 2.43. The predicted molar refractivity (Wildman–Crippen MR) is 84.4 cm³/mol. The largest absolute Gasteiger partial charge is 0.573 e. The van der Waals surface area contributed by atoms with Crippen molar-refractivity contribution >= 4 is 12.4 Å². The molecular weight excluding hydrogens is 407 g/mol. The SMILES string of the molecule is Cl.N[C@H](c1ccc(OC(F)(F)F)cc1)c1ccc(OC(F)(F)C(F)F)cc1. The molecule has 0 amide bonds. The quantitative estimate of drug-likeness (QED) is 0.647. The van der Waals surface area contributed by atoms with Crippen molar-refractivity contribution in [3.63, 3.8) is 0 Å². The number of halogens is 8. The summed E-state index contributed by atoms with van der Waals surface area (Å²) in [6.07, 6.45) is -13.4. The van der Waals surface area contributed by atoms with Crippen LogP contribution in [0, 0.1) is 0 Å². The van der Waals surface area contributed by atoms with Gasteiger partial charge < -0.3 is 15.2 Å². The van der Waals surface area contributed by atoms with Gasteiger partial charge in [0.05, 0.1) is 6.04 Å². The van der Waals surface area contributed by atoms with Crippen molar-refractivity contribution < 1.29 is 40.2 Å². The first-order valence-electron chi connectivity index (χ1n) is 7.04. The number of alkyl halides is 7. The standard InChI is InChI=1S/C16H12F7NO2.ClH/c17-14(18)15(19,20)25-11-5-1-9(2-6-11)13(24)10-3-7-12(8-4-10)26-16(21,22)23;/h1-8,13-14H,24H2;1H/t13-;/m0./s1. The number of hydrogen-bond acceptors (Lipinski definition) is 3. The molecule has 0 radical (unpaired) electrons. The second kappa shape index (κ2) is 8.66. The molecule has 0 fully saturated rings. The van der Waals surface area contributed by atoms with Crippen molar-refractivity contribution in [2.45, 2.75) is 24.9 Å². The van der Waals surface area contributed by atoms with Gasteiger partial charge >= 0.3 is 18.9 Å². The molecule has 0 unspecified atom stereocenters. The van der Waals surface area contributed by atoms with Gasteiger partial charge in [-0.3, -0.25) is 0 Å². The van der Waals surface area contributed by atoms with Crippen molar-refractivity contribution in [2.24, 2.45) is 5.73 Å². The van der Waals surface area contributed by atoms with Gasteiger partial charge in [0.15, 0.2) is 0 Å². The number of ether oxygens (including phenoxy) is 2. The van der Waals surface area contributed by atoms with Crippen LogP contribution in [0.3, 0.4) is 0 Å². The van der Waals surface area contributed by atoms with E-state index in [1.165, 1.54) is 24.3 Å². The summed E-state index contributed by atoms with van der Waals surface area (Å²) in [5, 5.41) is 0. The van der Waals surface area contributed by atoms with Crippen LogP contribution in [0.15, 0.2) is 48.5 Å². The molecule has 2 rings (SSSR count). The fourth-order valence-corrected chi connectivity index (χ4v) is 2.01. The summed E-state index contributed by atoms with van der Waals surface area (Å²) in [6, 6.07) is 8.59. The molecule has 0 spiro atoms. The molecule has 27 heavy (non-hydrogen) atoms. The molecule has 3 nitrogen and oxygen atoms in total. The Labute approximate surface area is 155 Å². The first kappa shape index (κ1) is 22.8. The fraction of sp³-hybridized carbons (Fsp3) is 0.250. The minimum atomic E-state index is -4.82. The van der Waals surface area contributed by atoms with Crippen LogP contribution in [0.4, 0.5) is 30.7 Å². The molecule has 2 aromatic rings. The van der Waals surface area contributed by atoms with E-state index in [-0.39, 0.29) is 12.4 Å². The normalized spacial score (nSPS) is 13.1. The van der Waals surface area contributed by atoms with E-state index in [0.29, 0.717) is 11.1 Å². The van der Waals surface area contributed by atoms with Gasteiger partial charge in [0.25, 0.3) is 0 Å². The lowest BCUT2D eigenvalue weighted by atomic mass is 9.99. The first-order valence-corrected chi connectivity index (χ1v) is 7.04. The van der Waals surface area contributed by atoms with Crippen molar-refractivity contribution in [3.05, 3.63) is 59.7 Å². The molecule has 150 valence electrons. The van der Waals surface area contributed by atoms with Crippen LogP contribution in [0.1, 0.15) is 17.2 Å². The van der Waals surface area contributed by atoms with Gasteiger partial charge in [0.2, 0.25) is 0 Å². The van der Waals surface area contributed by atoms with E-state index < -0.39 is 36.4 Å². The zero-order valence-electron chi connectivity index (χ0n) is 13.2. The zero-order valence-corrected chi connectivity index (χ0v) is 14.0. The maximum atomic E-state index is 12.8. The van der Waals surface area contributed by atoms with Gasteiger partial charge in [-0.05, 0) is 35.4 Å². The van der Waals surface area contributed by atoms with E-state index in [1.807, 2.05) is 0 Å². The Kier molecular flexibility index (Phi) is 7.32. The van der Waals surface area contributed by atoms with Crippen molar-refractivity contribution in [2.75, 3.05) is 0 Å². The van der Waals surface area contributed by atoms with Gasteiger partial charge in [0.1, 0.15) is 11.5 Å². The van der Waals surface area contributed by atoms with Crippen LogP contribution in [0.2, 0.25) is 0 Å². The molecule has 1 atom stereocenters. The third-order valence-corrected chi connectivity index (χ3v) is 3.22. The number of benzene rings is 2. The smallest absolute Gasteiger partial charge is 0.428 e. The first-order chi connectivity index (χ1) is 12.0. The Morgan fingerprint density at radius 2 is 1.07 bits per heavy atom. The Morgan fingerprint density at radius 1 is 0.704 bits per heavy atom. The number of rotatable bonds is 6. The van der Waals surface area contributed by atoms with Crippen molar-refractivity contribution in [1.82, 2.24) is 0 Å². The molecular formula is C16H13ClF7NO2. The molecule has 2 aromatic carbocycles. The average Bonchev–Trinajstić information content (AvgIpc) is 2.53. The fourth-order valence-electron chi connectivity index (χ4n) is 2.01. The average molecular weight is 420 g/mol. The molecule has 0 saturated heterocycles. The molecule has 0 aliphatic carbocycles. The third-order valence-electron chi connectivity index (χ3n) is 3.22. The molecule has 11 heteroatoms. The maximum absolute atomic E-state index is 12.8. The second-order valence-corrected chi connectivity index (χ2v) is 5.13. The van der Waals surface area contributed by atoms with E-state index in [4.69, 9.17) is 5.73 Å². The lowest BCUT2D eigenvalue weighted by Crippen LogP contribution is -2.33. The van der Waals surface area contributed by atoms with E-state index in [1.54, 1.807) is 0 Å². The van der Waals surface area contributed by atoms with Crippen LogP contribution >= 0.6 is 12.4 Å². The second-order valence-electron chi connectivity index (χ2n) is 5.13. The van der Waals surface area contributed by atoms with Gasteiger partial charge in [-0.1, -0.05) is 24.3 Å².